The summed E-state index contributed by atoms with van der Waals surface area (Å²) in [6, 6.07) is 5.08. The molecule has 1 N–H and O–H groups in total. The fourth-order valence-corrected chi connectivity index (χ4v) is 3.11. The molecule has 1 aliphatic heterocycles. The number of ether oxygens (including phenoxy) is 2. The second-order valence-electron chi connectivity index (χ2n) is 5.36. The maximum absolute atomic E-state index is 14.2. The second-order valence-corrected chi connectivity index (χ2v) is 5.36. The molecule has 0 amide bonds. The van der Waals surface area contributed by atoms with Crippen molar-refractivity contribution in [2.75, 3.05) is 26.9 Å². The highest BCUT2D eigenvalue weighted by Crippen LogP contribution is 2.38. The monoisotopic (exact) mass is 281 g/mol. The molecule has 0 spiro atoms. The molecule has 1 saturated heterocycles. The molecular formula is C16H24FNO2. The summed E-state index contributed by atoms with van der Waals surface area (Å²) < 4.78 is 25.8. The molecule has 1 unspecified atom stereocenters. The van der Waals surface area contributed by atoms with Gasteiger partial charge in [-0.2, -0.15) is 0 Å². The van der Waals surface area contributed by atoms with Crippen molar-refractivity contribution in [2.45, 2.75) is 38.3 Å². The number of nitrogens with one attached hydrogen (secondary N) is 1. The fraction of sp³-hybridized carbons (Fsp3) is 0.625. The first-order valence-corrected chi connectivity index (χ1v) is 7.28. The van der Waals surface area contributed by atoms with Gasteiger partial charge in [-0.25, -0.2) is 4.39 Å². The van der Waals surface area contributed by atoms with Crippen molar-refractivity contribution < 1.29 is 13.9 Å². The van der Waals surface area contributed by atoms with Crippen LogP contribution >= 0.6 is 0 Å². The predicted molar refractivity (Wildman–Crippen MR) is 77.3 cm³/mol. The Bertz CT molecular complexity index is 439. The third kappa shape index (κ3) is 3.03. The lowest BCUT2D eigenvalue weighted by atomic mass is 9.81. The highest BCUT2D eigenvalue weighted by Gasteiger charge is 2.42. The Kier molecular flexibility index (Phi) is 5.13. The van der Waals surface area contributed by atoms with Crippen molar-refractivity contribution >= 4 is 0 Å². The van der Waals surface area contributed by atoms with E-state index in [-0.39, 0.29) is 11.9 Å². The second kappa shape index (κ2) is 6.66. The van der Waals surface area contributed by atoms with Gasteiger partial charge in [-0.3, -0.25) is 0 Å². The standard InChI is InChI=1S/C16H24FNO2/c1-4-20-16(7-9-19-10-8-16)15(18-3)13-11-12(2)5-6-14(13)17/h5-6,11,15,18H,4,7-10H2,1-3H3. The van der Waals surface area contributed by atoms with Gasteiger partial charge < -0.3 is 14.8 Å². The molecule has 0 aliphatic carbocycles. The van der Waals surface area contributed by atoms with Crippen LogP contribution in [0.1, 0.15) is 36.9 Å². The zero-order valence-electron chi connectivity index (χ0n) is 12.5. The van der Waals surface area contributed by atoms with Gasteiger partial charge in [0.05, 0.1) is 11.6 Å². The lowest BCUT2D eigenvalue weighted by molar-refractivity contribution is -0.127. The van der Waals surface area contributed by atoms with E-state index in [1.165, 1.54) is 6.07 Å². The first-order valence-electron chi connectivity index (χ1n) is 7.28. The normalized spacial score (nSPS) is 19.8. The molecule has 4 heteroatoms. The smallest absolute Gasteiger partial charge is 0.128 e. The van der Waals surface area contributed by atoms with Crippen LogP contribution in [-0.2, 0) is 9.47 Å². The maximum Gasteiger partial charge on any atom is 0.128 e. The van der Waals surface area contributed by atoms with Gasteiger partial charge in [0.1, 0.15) is 5.82 Å². The fourth-order valence-electron chi connectivity index (χ4n) is 3.11. The van der Waals surface area contributed by atoms with Crippen LogP contribution < -0.4 is 5.32 Å². The molecule has 0 saturated carbocycles. The van der Waals surface area contributed by atoms with Gasteiger partial charge in [-0.1, -0.05) is 17.7 Å². The minimum Gasteiger partial charge on any atom is -0.381 e. The largest absolute Gasteiger partial charge is 0.381 e. The molecule has 1 fully saturated rings. The van der Waals surface area contributed by atoms with Gasteiger partial charge in [0, 0.05) is 38.2 Å². The summed E-state index contributed by atoms with van der Waals surface area (Å²) in [7, 11) is 1.86. The molecular weight excluding hydrogens is 257 g/mol. The number of rotatable bonds is 5. The van der Waals surface area contributed by atoms with Gasteiger partial charge in [-0.05, 0) is 27.0 Å². The molecule has 2 rings (SSSR count). The molecule has 20 heavy (non-hydrogen) atoms. The Balaban J connectivity index is 2.39. The third-order valence-corrected chi connectivity index (χ3v) is 4.05. The Hall–Kier alpha value is -0.970. The maximum atomic E-state index is 14.2. The van der Waals surface area contributed by atoms with Crippen LogP contribution in [-0.4, -0.2) is 32.5 Å². The lowest BCUT2D eigenvalue weighted by Crippen LogP contribution is -2.49. The van der Waals surface area contributed by atoms with Crippen molar-refractivity contribution in [2.24, 2.45) is 0 Å². The van der Waals surface area contributed by atoms with Crippen LogP contribution in [0.15, 0.2) is 18.2 Å². The van der Waals surface area contributed by atoms with E-state index in [1.54, 1.807) is 6.07 Å². The first-order chi connectivity index (χ1) is 9.63. The van der Waals surface area contributed by atoms with Crippen LogP contribution in [0.5, 0.6) is 0 Å². The van der Waals surface area contributed by atoms with Crippen molar-refractivity contribution in [1.29, 1.82) is 0 Å². The SMILES string of the molecule is CCOC1(C(NC)c2cc(C)ccc2F)CCOCC1. The molecule has 1 aromatic carbocycles. The molecule has 1 aliphatic rings. The summed E-state index contributed by atoms with van der Waals surface area (Å²) in [6.07, 6.45) is 1.56. The van der Waals surface area contributed by atoms with Crippen LogP contribution in [0.3, 0.4) is 0 Å². The molecule has 112 valence electrons. The molecule has 0 bridgehead atoms. The van der Waals surface area contributed by atoms with E-state index >= 15 is 0 Å². The summed E-state index contributed by atoms with van der Waals surface area (Å²) in [5, 5.41) is 3.26. The Morgan fingerprint density at radius 3 is 2.70 bits per heavy atom. The summed E-state index contributed by atoms with van der Waals surface area (Å²) in [6.45, 7) is 5.90. The van der Waals surface area contributed by atoms with Crippen LogP contribution in [0, 0.1) is 12.7 Å². The molecule has 1 atom stereocenters. The summed E-state index contributed by atoms with van der Waals surface area (Å²) >= 11 is 0. The first kappa shape index (κ1) is 15.4. The van der Waals surface area contributed by atoms with E-state index in [4.69, 9.17) is 9.47 Å². The number of likely N-dealkylation sites (N-methyl/N-ethyl adjacent to an activating group) is 1. The van der Waals surface area contributed by atoms with Crippen molar-refractivity contribution in [3.8, 4) is 0 Å². The summed E-state index contributed by atoms with van der Waals surface area (Å²) in [5.74, 6) is -0.180. The van der Waals surface area contributed by atoms with Gasteiger partial charge in [0.2, 0.25) is 0 Å². The molecule has 3 nitrogen and oxygen atoms in total. The van der Waals surface area contributed by atoms with E-state index < -0.39 is 5.60 Å². The van der Waals surface area contributed by atoms with Crippen molar-refractivity contribution in [3.63, 3.8) is 0 Å². The highest BCUT2D eigenvalue weighted by molar-refractivity contribution is 5.29. The van der Waals surface area contributed by atoms with Crippen molar-refractivity contribution in [3.05, 3.63) is 35.1 Å². The Morgan fingerprint density at radius 2 is 2.10 bits per heavy atom. The van der Waals surface area contributed by atoms with E-state index in [2.05, 4.69) is 5.32 Å². The van der Waals surface area contributed by atoms with Gasteiger partial charge >= 0.3 is 0 Å². The quantitative estimate of drug-likeness (QED) is 0.900. The van der Waals surface area contributed by atoms with E-state index in [0.29, 0.717) is 25.4 Å². The molecule has 1 heterocycles. The number of hydrogen-bond donors (Lipinski definition) is 1. The van der Waals surface area contributed by atoms with Crippen molar-refractivity contribution in [1.82, 2.24) is 5.32 Å². The number of hydrogen-bond acceptors (Lipinski definition) is 3. The average Bonchev–Trinajstić information content (AvgIpc) is 2.45. The van der Waals surface area contributed by atoms with E-state index in [0.717, 1.165) is 18.4 Å². The van der Waals surface area contributed by atoms with Crippen LogP contribution in [0.25, 0.3) is 0 Å². The lowest BCUT2D eigenvalue weighted by Gasteiger charge is -2.43. The Labute approximate surface area is 120 Å². The Morgan fingerprint density at radius 1 is 1.40 bits per heavy atom. The van der Waals surface area contributed by atoms with E-state index in [1.807, 2.05) is 27.0 Å². The van der Waals surface area contributed by atoms with Crippen LogP contribution in [0.2, 0.25) is 0 Å². The molecule has 1 aromatic rings. The van der Waals surface area contributed by atoms with Gasteiger partial charge in [0.15, 0.2) is 0 Å². The molecule has 0 radical (unpaired) electrons. The summed E-state index contributed by atoms with van der Waals surface area (Å²) in [5.41, 5.74) is 1.35. The average molecular weight is 281 g/mol. The third-order valence-electron chi connectivity index (χ3n) is 4.05. The molecule has 0 aromatic heterocycles. The minimum atomic E-state index is -0.392. The number of aryl methyl sites for hydroxylation is 1. The zero-order chi connectivity index (χ0) is 14.6. The topological polar surface area (TPSA) is 30.5 Å². The van der Waals surface area contributed by atoms with Gasteiger partial charge in [0.25, 0.3) is 0 Å². The zero-order valence-corrected chi connectivity index (χ0v) is 12.5. The highest BCUT2D eigenvalue weighted by atomic mass is 19.1. The number of halogens is 1. The van der Waals surface area contributed by atoms with E-state index in [9.17, 15) is 4.39 Å². The van der Waals surface area contributed by atoms with Crippen LogP contribution in [0.4, 0.5) is 4.39 Å². The minimum absolute atomic E-state index is 0.161. The number of benzene rings is 1. The summed E-state index contributed by atoms with van der Waals surface area (Å²) in [4.78, 5) is 0. The predicted octanol–water partition coefficient (Wildman–Crippen LogP) is 2.98. The van der Waals surface area contributed by atoms with Gasteiger partial charge in [-0.15, -0.1) is 0 Å².